The second kappa shape index (κ2) is 5.50. The molecule has 0 saturated heterocycles. The molecule has 14 heavy (non-hydrogen) atoms. The van der Waals surface area contributed by atoms with E-state index >= 15 is 0 Å². The van der Waals surface area contributed by atoms with Crippen molar-refractivity contribution in [3.63, 3.8) is 0 Å². The summed E-state index contributed by atoms with van der Waals surface area (Å²) in [6.07, 6.45) is 4.43. The van der Waals surface area contributed by atoms with Gasteiger partial charge in [-0.3, -0.25) is 0 Å². The second-order valence-electron chi connectivity index (χ2n) is 3.37. The number of hydrogen-bond donors (Lipinski definition) is 1. The minimum Gasteiger partial charge on any atom is -0.305 e. The fraction of sp³-hybridized carbons (Fsp3) is 0.455. The Labute approximate surface area is 85.3 Å². The van der Waals surface area contributed by atoms with Gasteiger partial charge in [0.1, 0.15) is 6.33 Å². The van der Waals surface area contributed by atoms with E-state index < -0.39 is 0 Å². The van der Waals surface area contributed by atoms with Crippen LogP contribution in [-0.4, -0.2) is 16.5 Å². The quantitative estimate of drug-likeness (QED) is 0.724. The van der Waals surface area contributed by atoms with E-state index in [9.17, 15) is 0 Å². The molecule has 1 unspecified atom stereocenters. The van der Waals surface area contributed by atoms with Gasteiger partial charge in [0.05, 0.1) is 11.7 Å². The predicted octanol–water partition coefficient (Wildman–Crippen LogP) is 2.09. The Morgan fingerprint density at radius 3 is 2.93 bits per heavy atom. The first kappa shape index (κ1) is 10.9. The summed E-state index contributed by atoms with van der Waals surface area (Å²) >= 11 is 0. The summed E-state index contributed by atoms with van der Waals surface area (Å²) < 4.78 is 0. The van der Waals surface area contributed by atoms with Gasteiger partial charge in [0.25, 0.3) is 0 Å². The molecule has 1 rings (SSSR count). The number of nitrogens with one attached hydrogen (secondary N) is 1. The highest BCUT2D eigenvalue weighted by Gasteiger charge is 2.11. The van der Waals surface area contributed by atoms with Crippen molar-refractivity contribution in [2.45, 2.75) is 26.3 Å². The van der Waals surface area contributed by atoms with Crippen molar-refractivity contribution >= 4 is 0 Å². The van der Waals surface area contributed by atoms with Gasteiger partial charge in [0.15, 0.2) is 0 Å². The molecule has 76 valence electrons. The summed E-state index contributed by atoms with van der Waals surface area (Å²) in [5, 5.41) is 3.40. The molecule has 0 aliphatic rings. The third kappa shape index (κ3) is 2.92. The molecule has 3 nitrogen and oxygen atoms in total. The molecule has 0 aliphatic heterocycles. The normalized spacial score (nSPS) is 12.4. The molecule has 0 amide bonds. The van der Waals surface area contributed by atoms with Crippen molar-refractivity contribution in [3.05, 3.63) is 36.4 Å². The van der Waals surface area contributed by atoms with Gasteiger partial charge in [-0.05, 0) is 26.0 Å². The van der Waals surface area contributed by atoms with Gasteiger partial charge in [-0.2, -0.15) is 0 Å². The van der Waals surface area contributed by atoms with Crippen LogP contribution in [0.3, 0.4) is 0 Å². The minimum absolute atomic E-state index is 0.151. The zero-order valence-electron chi connectivity index (χ0n) is 8.83. The van der Waals surface area contributed by atoms with E-state index in [0.717, 1.165) is 24.2 Å². The van der Waals surface area contributed by atoms with Crippen LogP contribution >= 0.6 is 0 Å². The SMILES string of the molecule is C=C(C)C(NCCC)c1ccncn1. The standard InChI is InChI=1S/C11H17N3/c1-4-6-13-11(9(2)3)10-5-7-12-8-14-10/h5,7-8,11,13H,2,4,6H2,1,3H3. The van der Waals surface area contributed by atoms with E-state index in [1.807, 2.05) is 13.0 Å². The van der Waals surface area contributed by atoms with E-state index in [0.29, 0.717) is 0 Å². The lowest BCUT2D eigenvalue weighted by Gasteiger charge is -2.17. The minimum atomic E-state index is 0.151. The molecule has 1 heterocycles. The van der Waals surface area contributed by atoms with Crippen LogP contribution in [0, 0.1) is 0 Å². The molecule has 0 saturated carbocycles. The van der Waals surface area contributed by atoms with Gasteiger partial charge in [-0.25, -0.2) is 9.97 Å². The Morgan fingerprint density at radius 2 is 2.43 bits per heavy atom. The maximum Gasteiger partial charge on any atom is 0.115 e. The fourth-order valence-corrected chi connectivity index (χ4v) is 1.29. The van der Waals surface area contributed by atoms with E-state index in [1.165, 1.54) is 0 Å². The average molecular weight is 191 g/mol. The molecule has 1 aromatic heterocycles. The van der Waals surface area contributed by atoms with Crippen LogP contribution in [-0.2, 0) is 0 Å². The van der Waals surface area contributed by atoms with Gasteiger partial charge in [-0.15, -0.1) is 0 Å². The van der Waals surface area contributed by atoms with Crippen molar-refractivity contribution in [2.75, 3.05) is 6.54 Å². The van der Waals surface area contributed by atoms with Crippen LogP contribution in [0.1, 0.15) is 32.0 Å². The molecule has 1 atom stereocenters. The fourth-order valence-electron chi connectivity index (χ4n) is 1.29. The molecule has 0 radical (unpaired) electrons. The average Bonchev–Trinajstić information content (AvgIpc) is 2.19. The Hall–Kier alpha value is -1.22. The number of nitrogens with zero attached hydrogens (tertiary/aromatic N) is 2. The summed E-state index contributed by atoms with van der Waals surface area (Å²) in [5.74, 6) is 0. The summed E-state index contributed by atoms with van der Waals surface area (Å²) in [7, 11) is 0. The summed E-state index contributed by atoms with van der Waals surface area (Å²) in [5.41, 5.74) is 2.07. The van der Waals surface area contributed by atoms with E-state index in [4.69, 9.17) is 0 Å². The van der Waals surface area contributed by atoms with Crippen molar-refractivity contribution in [2.24, 2.45) is 0 Å². The molecule has 3 heteroatoms. The smallest absolute Gasteiger partial charge is 0.115 e. The molecule has 0 aliphatic carbocycles. The van der Waals surface area contributed by atoms with Crippen molar-refractivity contribution in [3.8, 4) is 0 Å². The van der Waals surface area contributed by atoms with Crippen LogP contribution in [0.4, 0.5) is 0 Å². The zero-order chi connectivity index (χ0) is 10.4. The third-order valence-corrected chi connectivity index (χ3v) is 1.99. The zero-order valence-corrected chi connectivity index (χ0v) is 8.83. The maximum atomic E-state index is 4.22. The first-order valence-corrected chi connectivity index (χ1v) is 4.90. The molecule has 1 aromatic rings. The van der Waals surface area contributed by atoms with Gasteiger partial charge < -0.3 is 5.32 Å². The largest absolute Gasteiger partial charge is 0.305 e. The van der Waals surface area contributed by atoms with Crippen LogP contribution in [0.15, 0.2) is 30.7 Å². The van der Waals surface area contributed by atoms with Gasteiger partial charge in [0.2, 0.25) is 0 Å². The van der Waals surface area contributed by atoms with E-state index in [2.05, 4.69) is 28.8 Å². The topological polar surface area (TPSA) is 37.8 Å². The lowest BCUT2D eigenvalue weighted by Crippen LogP contribution is -2.23. The summed E-state index contributed by atoms with van der Waals surface area (Å²) in [6, 6.07) is 2.07. The number of rotatable bonds is 5. The molecule has 0 aromatic carbocycles. The van der Waals surface area contributed by atoms with Crippen LogP contribution in [0.2, 0.25) is 0 Å². The van der Waals surface area contributed by atoms with Gasteiger partial charge in [0, 0.05) is 6.20 Å². The Kier molecular flexibility index (Phi) is 4.26. The molecule has 0 fully saturated rings. The Bertz CT molecular complexity index is 282. The van der Waals surface area contributed by atoms with Crippen molar-refractivity contribution < 1.29 is 0 Å². The molecule has 1 N–H and O–H groups in total. The highest BCUT2D eigenvalue weighted by atomic mass is 14.9. The maximum absolute atomic E-state index is 4.22. The monoisotopic (exact) mass is 191 g/mol. The Balaban J connectivity index is 2.73. The lowest BCUT2D eigenvalue weighted by atomic mass is 10.1. The van der Waals surface area contributed by atoms with E-state index in [1.54, 1.807) is 12.5 Å². The third-order valence-electron chi connectivity index (χ3n) is 1.99. The molecule has 0 bridgehead atoms. The first-order valence-electron chi connectivity index (χ1n) is 4.90. The van der Waals surface area contributed by atoms with Crippen LogP contribution < -0.4 is 5.32 Å². The highest BCUT2D eigenvalue weighted by molar-refractivity contribution is 5.17. The summed E-state index contributed by atoms with van der Waals surface area (Å²) in [6.45, 7) is 9.09. The number of aromatic nitrogens is 2. The summed E-state index contributed by atoms with van der Waals surface area (Å²) in [4.78, 5) is 8.12. The molecular weight excluding hydrogens is 174 g/mol. The van der Waals surface area contributed by atoms with Crippen LogP contribution in [0.5, 0.6) is 0 Å². The molecule has 0 spiro atoms. The Morgan fingerprint density at radius 1 is 1.64 bits per heavy atom. The van der Waals surface area contributed by atoms with Gasteiger partial charge in [-0.1, -0.05) is 19.1 Å². The van der Waals surface area contributed by atoms with Gasteiger partial charge >= 0.3 is 0 Å². The van der Waals surface area contributed by atoms with Crippen LogP contribution in [0.25, 0.3) is 0 Å². The highest BCUT2D eigenvalue weighted by Crippen LogP contribution is 2.16. The lowest BCUT2D eigenvalue weighted by molar-refractivity contribution is 0.578. The van der Waals surface area contributed by atoms with Crippen molar-refractivity contribution in [1.29, 1.82) is 0 Å². The van der Waals surface area contributed by atoms with E-state index in [-0.39, 0.29) is 6.04 Å². The molecular formula is C11H17N3. The first-order chi connectivity index (χ1) is 6.75. The van der Waals surface area contributed by atoms with Crippen molar-refractivity contribution in [1.82, 2.24) is 15.3 Å². The number of hydrogen-bond acceptors (Lipinski definition) is 3. The second-order valence-corrected chi connectivity index (χ2v) is 3.37. The predicted molar refractivity (Wildman–Crippen MR) is 57.9 cm³/mol.